The number of carbonyl (C=O) groups is 1. The fourth-order valence-corrected chi connectivity index (χ4v) is 2.25. The van der Waals surface area contributed by atoms with Crippen LogP contribution in [0.5, 0.6) is 5.75 Å². The lowest BCUT2D eigenvalue weighted by Crippen LogP contribution is -2.34. The molecule has 2 heterocycles. The Kier molecular flexibility index (Phi) is 3.52. The predicted octanol–water partition coefficient (Wildman–Crippen LogP) is 1.43. The first-order valence-electron chi connectivity index (χ1n) is 5.88. The van der Waals surface area contributed by atoms with Crippen molar-refractivity contribution in [3.63, 3.8) is 0 Å². The van der Waals surface area contributed by atoms with E-state index in [0.717, 1.165) is 11.4 Å². The second-order valence-corrected chi connectivity index (χ2v) is 4.70. The number of ether oxygens (including phenoxy) is 2. The third-order valence-electron chi connectivity index (χ3n) is 3.29. The molecular formula is C13H17NO4. The number of carboxylic acids is 1. The van der Waals surface area contributed by atoms with Gasteiger partial charge in [0.2, 0.25) is 0 Å². The molecule has 0 aromatic carbocycles. The van der Waals surface area contributed by atoms with Crippen LogP contribution in [-0.2, 0) is 16.0 Å². The van der Waals surface area contributed by atoms with Crippen molar-refractivity contribution in [2.24, 2.45) is 5.41 Å². The molecule has 2 rings (SSSR count). The number of methoxy groups -OCH3 is 1. The molecule has 1 unspecified atom stereocenters. The summed E-state index contributed by atoms with van der Waals surface area (Å²) in [7, 11) is 1.59. The molecule has 5 heteroatoms. The number of hydrogen-bond donors (Lipinski definition) is 1. The summed E-state index contributed by atoms with van der Waals surface area (Å²) < 4.78 is 10.4. The highest BCUT2D eigenvalue weighted by Gasteiger charge is 2.43. The van der Waals surface area contributed by atoms with E-state index in [2.05, 4.69) is 4.98 Å². The van der Waals surface area contributed by atoms with Crippen LogP contribution in [0.25, 0.3) is 0 Å². The Labute approximate surface area is 106 Å². The van der Waals surface area contributed by atoms with Crippen LogP contribution in [0.2, 0.25) is 0 Å². The molecule has 98 valence electrons. The van der Waals surface area contributed by atoms with Gasteiger partial charge in [0.05, 0.1) is 19.1 Å². The van der Waals surface area contributed by atoms with Crippen molar-refractivity contribution < 1.29 is 19.4 Å². The third-order valence-corrected chi connectivity index (χ3v) is 3.29. The Balaban J connectivity index is 2.26. The van der Waals surface area contributed by atoms with Gasteiger partial charge >= 0.3 is 5.97 Å². The normalized spacial score (nSPS) is 23.0. The number of aliphatic carboxylic acids is 1. The van der Waals surface area contributed by atoms with Gasteiger partial charge in [0.25, 0.3) is 0 Å². The number of hydrogen-bond acceptors (Lipinski definition) is 4. The van der Waals surface area contributed by atoms with Gasteiger partial charge in [-0.25, -0.2) is 0 Å². The molecule has 1 N–H and O–H groups in total. The molecule has 1 aliphatic heterocycles. The molecule has 1 saturated heterocycles. The van der Waals surface area contributed by atoms with Gasteiger partial charge in [-0.15, -0.1) is 0 Å². The Morgan fingerprint density at radius 1 is 1.61 bits per heavy atom. The lowest BCUT2D eigenvalue weighted by Gasteiger charge is -2.21. The number of pyridine rings is 1. The maximum Gasteiger partial charge on any atom is 0.312 e. The van der Waals surface area contributed by atoms with Crippen LogP contribution in [0.15, 0.2) is 12.1 Å². The van der Waals surface area contributed by atoms with E-state index in [1.807, 2.05) is 13.0 Å². The van der Waals surface area contributed by atoms with Crippen LogP contribution >= 0.6 is 0 Å². The zero-order valence-electron chi connectivity index (χ0n) is 10.6. The minimum Gasteiger partial charge on any atom is -0.497 e. The second kappa shape index (κ2) is 4.94. The first kappa shape index (κ1) is 12.8. The topological polar surface area (TPSA) is 68.7 Å². The first-order valence-corrected chi connectivity index (χ1v) is 5.88. The molecule has 1 aliphatic rings. The van der Waals surface area contributed by atoms with Gasteiger partial charge in [0, 0.05) is 36.5 Å². The highest BCUT2D eigenvalue weighted by atomic mass is 16.5. The van der Waals surface area contributed by atoms with Gasteiger partial charge in [-0.1, -0.05) is 0 Å². The lowest BCUT2D eigenvalue weighted by molar-refractivity contribution is -0.148. The summed E-state index contributed by atoms with van der Waals surface area (Å²) in [6.45, 7) is 2.61. The van der Waals surface area contributed by atoms with Crippen molar-refractivity contribution in [3.05, 3.63) is 23.5 Å². The Bertz CT molecular complexity index is 452. The Morgan fingerprint density at radius 2 is 2.39 bits per heavy atom. The zero-order valence-corrected chi connectivity index (χ0v) is 10.6. The average molecular weight is 251 g/mol. The van der Waals surface area contributed by atoms with Crippen LogP contribution in [0.1, 0.15) is 17.8 Å². The molecule has 5 nitrogen and oxygen atoms in total. The number of aromatic nitrogens is 1. The van der Waals surface area contributed by atoms with Gasteiger partial charge in [-0.3, -0.25) is 9.78 Å². The Morgan fingerprint density at radius 3 is 2.94 bits per heavy atom. The minimum atomic E-state index is -0.841. The number of rotatable bonds is 4. The summed E-state index contributed by atoms with van der Waals surface area (Å²) in [5, 5.41) is 9.38. The molecule has 1 atom stereocenters. The summed E-state index contributed by atoms with van der Waals surface area (Å²) in [5.74, 6) is -0.112. The van der Waals surface area contributed by atoms with E-state index in [1.54, 1.807) is 13.2 Å². The molecule has 0 radical (unpaired) electrons. The molecule has 1 fully saturated rings. The third kappa shape index (κ3) is 2.46. The molecule has 18 heavy (non-hydrogen) atoms. The van der Waals surface area contributed by atoms with Crippen molar-refractivity contribution in [1.29, 1.82) is 0 Å². The van der Waals surface area contributed by atoms with Crippen molar-refractivity contribution >= 4 is 5.97 Å². The highest BCUT2D eigenvalue weighted by molar-refractivity contribution is 5.75. The van der Waals surface area contributed by atoms with E-state index >= 15 is 0 Å². The molecule has 1 aromatic rings. The fraction of sp³-hybridized carbons (Fsp3) is 0.538. The molecular weight excluding hydrogens is 234 g/mol. The molecule has 0 aliphatic carbocycles. The molecule has 1 aromatic heterocycles. The molecule has 0 spiro atoms. The van der Waals surface area contributed by atoms with Crippen LogP contribution in [0.3, 0.4) is 0 Å². The molecule has 0 saturated carbocycles. The zero-order chi connectivity index (χ0) is 13.2. The molecule has 0 amide bonds. The summed E-state index contributed by atoms with van der Waals surface area (Å²) in [6.07, 6.45) is 0.903. The lowest BCUT2D eigenvalue weighted by atomic mass is 9.82. The highest BCUT2D eigenvalue weighted by Crippen LogP contribution is 2.33. The molecule has 0 bridgehead atoms. The summed E-state index contributed by atoms with van der Waals surface area (Å²) in [4.78, 5) is 15.8. The van der Waals surface area contributed by atoms with Crippen molar-refractivity contribution in [2.45, 2.75) is 19.8 Å². The van der Waals surface area contributed by atoms with E-state index < -0.39 is 11.4 Å². The van der Waals surface area contributed by atoms with Gasteiger partial charge in [-0.05, 0) is 13.3 Å². The van der Waals surface area contributed by atoms with Crippen LogP contribution in [-0.4, -0.2) is 36.4 Å². The van der Waals surface area contributed by atoms with E-state index in [0.29, 0.717) is 25.2 Å². The smallest absolute Gasteiger partial charge is 0.312 e. The quantitative estimate of drug-likeness (QED) is 0.876. The van der Waals surface area contributed by atoms with Gasteiger partial charge < -0.3 is 14.6 Å². The number of aryl methyl sites for hydroxylation is 1. The number of nitrogens with zero attached hydrogens (tertiary/aromatic N) is 1. The van der Waals surface area contributed by atoms with Crippen LogP contribution in [0, 0.1) is 12.3 Å². The number of carboxylic acid groups (broad SMARTS) is 1. The first-order chi connectivity index (χ1) is 8.55. The standard InChI is InChI=1S/C13H17NO4/c1-9-5-11(17-2)6-10(14-9)7-13(12(15)16)3-4-18-8-13/h5-6H,3-4,7-8H2,1-2H3,(H,15,16). The SMILES string of the molecule is COc1cc(C)nc(CC2(C(=O)O)CCOC2)c1. The summed E-state index contributed by atoms with van der Waals surface area (Å²) in [6, 6.07) is 3.61. The van der Waals surface area contributed by atoms with Crippen LogP contribution < -0.4 is 4.74 Å². The van der Waals surface area contributed by atoms with Gasteiger partial charge in [-0.2, -0.15) is 0 Å². The van der Waals surface area contributed by atoms with Crippen molar-refractivity contribution in [1.82, 2.24) is 4.98 Å². The average Bonchev–Trinajstić information content (AvgIpc) is 2.78. The van der Waals surface area contributed by atoms with Crippen molar-refractivity contribution in [2.75, 3.05) is 20.3 Å². The monoisotopic (exact) mass is 251 g/mol. The largest absolute Gasteiger partial charge is 0.497 e. The minimum absolute atomic E-state index is 0.250. The van der Waals surface area contributed by atoms with Crippen molar-refractivity contribution in [3.8, 4) is 5.75 Å². The van der Waals surface area contributed by atoms with E-state index in [1.165, 1.54) is 0 Å². The maximum absolute atomic E-state index is 11.4. The summed E-state index contributed by atoms with van der Waals surface area (Å²) >= 11 is 0. The summed E-state index contributed by atoms with van der Waals surface area (Å²) in [5.41, 5.74) is 0.717. The van der Waals surface area contributed by atoms with Gasteiger partial charge in [0.15, 0.2) is 0 Å². The second-order valence-electron chi connectivity index (χ2n) is 4.70. The maximum atomic E-state index is 11.4. The van der Waals surface area contributed by atoms with E-state index in [9.17, 15) is 9.90 Å². The van der Waals surface area contributed by atoms with Gasteiger partial charge in [0.1, 0.15) is 5.75 Å². The van der Waals surface area contributed by atoms with E-state index in [-0.39, 0.29) is 6.61 Å². The fourth-order valence-electron chi connectivity index (χ4n) is 2.25. The van der Waals surface area contributed by atoms with Crippen LogP contribution in [0.4, 0.5) is 0 Å². The van der Waals surface area contributed by atoms with E-state index in [4.69, 9.17) is 9.47 Å². The Hall–Kier alpha value is -1.62. The predicted molar refractivity (Wildman–Crippen MR) is 64.7 cm³/mol.